The molecule has 1 fully saturated rings. The Labute approximate surface area is 123 Å². The van der Waals surface area contributed by atoms with Crippen LogP contribution in [0.3, 0.4) is 0 Å². The molecule has 1 aromatic carbocycles. The van der Waals surface area contributed by atoms with Gasteiger partial charge in [-0.2, -0.15) is 0 Å². The SMILES string of the molecule is CC(=O)N[C@@H]1C(O)O[C@@H](C)[C@@H](O)[C@H]1OCc1ccccc1. The summed E-state index contributed by atoms with van der Waals surface area (Å²) >= 11 is 0. The number of aliphatic hydroxyl groups excluding tert-OH is 2. The molecule has 0 aliphatic carbocycles. The summed E-state index contributed by atoms with van der Waals surface area (Å²) < 4.78 is 10.9. The maximum Gasteiger partial charge on any atom is 0.217 e. The molecule has 1 aliphatic rings. The molecule has 5 atom stereocenters. The van der Waals surface area contributed by atoms with Crippen LogP contribution in [0.5, 0.6) is 0 Å². The smallest absolute Gasteiger partial charge is 0.217 e. The van der Waals surface area contributed by atoms with Crippen LogP contribution in [0.25, 0.3) is 0 Å². The Morgan fingerprint density at radius 3 is 2.62 bits per heavy atom. The summed E-state index contributed by atoms with van der Waals surface area (Å²) in [5, 5.41) is 22.7. The molecule has 0 aromatic heterocycles. The summed E-state index contributed by atoms with van der Waals surface area (Å²) in [5.74, 6) is -0.322. The van der Waals surface area contributed by atoms with Crippen LogP contribution in [-0.4, -0.2) is 46.8 Å². The number of carbonyl (C=O) groups excluding carboxylic acids is 1. The van der Waals surface area contributed by atoms with Crippen LogP contribution in [0.15, 0.2) is 30.3 Å². The fourth-order valence-electron chi connectivity index (χ4n) is 2.38. The largest absolute Gasteiger partial charge is 0.388 e. The van der Waals surface area contributed by atoms with Crippen molar-refractivity contribution >= 4 is 5.91 Å². The Bertz CT molecular complexity index is 466. The minimum Gasteiger partial charge on any atom is -0.388 e. The van der Waals surface area contributed by atoms with E-state index < -0.39 is 30.6 Å². The van der Waals surface area contributed by atoms with Crippen LogP contribution in [0.4, 0.5) is 0 Å². The molecule has 1 unspecified atom stereocenters. The highest BCUT2D eigenvalue weighted by molar-refractivity contribution is 5.73. The number of ether oxygens (including phenoxy) is 2. The number of hydrogen-bond donors (Lipinski definition) is 3. The van der Waals surface area contributed by atoms with Gasteiger partial charge in [0.05, 0.1) is 12.7 Å². The van der Waals surface area contributed by atoms with Gasteiger partial charge in [-0.1, -0.05) is 30.3 Å². The lowest BCUT2D eigenvalue weighted by molar-refractivity contribution is -0.253. The second-order valence-corrected chi connectivity index (χ2v) is 5.21. The summed E-state index contributed by atoms with van der Waals surface area (Å²) in [6, 6.07) is 8.68. The van der Waals surface area contributed by atoms with Crippen molar-refractivity contribution in [3.05, 3.63) is 35.9 Å². The summed E-state index contributed by atoms with van der Waals surface area (Å²) in [6.45, 7) is 3.26. The Hall–Kier alpha value is -1.47. The van der Waals surface area contributed by atoms with Crippen LogP contribution < -0.4 is 5.32 Å². The van der Waals surface area contributed by atoms with Gasteiger partial charge in [-0.15, -0.1) is 0 Å². The van der Waals surface area contributed by atoms with Gasteiger partial charge in [-0.25, -0.2) is 0 Å². The molecule has 1 amide bonds. The van der Waals surface area contributed by atoms with Crippen molar-refractivity contribution in [2.24, 2.45) is 0 Å². The monoisotopic (exact) mass is 295 g/mol. The predicted octanol–water partition coefficient (Wildman–Crippen LogP) is 0.175. The Morgan fingerprint density at radius 1 is 1.33 bits per heavy atom. The van der Waals surface area contributed by atoms with Crippen molar-refractivity contribution in [3.8, 4) is 0 Å². The molecule has 1 saturated heterocycles. The summed E-state index contributed by atoms with van der Waals surface area (Å²) in [6.07, 6.45) is -3.47. The first kappa shape index (κ1) is 15.9. The number of amides is 1. The third-order valence-electron chi connectivity index (χ3n) is 3.49. The normalized spacial score (nSPS) is 32.7. The first-order valence-corrected chi connectivity index (χ1v) is 6.93. The van der Waals surface area contributed by atoms with E-state index in [1.807, 2.05) is 30.3 Å². The molecule has 0 bridgehead atoms. The third-order valence-corrected chi connectivity index (χ3v) is 3.49. The summed E-state index contributed by atoms with van der Waals surface area (Å²) in [4.78, 5) is 11.3. The van der Waals surface area contributed by atoms with Gasteiger partial charge >= 0.3 is 0 Å². The molecule has 116 valence electrons. The van der Waals surface area contributed by atoms with E-state index in [0.29, 0.717) is 0 Å². The van der Waals surface area contributed by atoms with Crippen molar-refractivity contribution in [1.29, 1.82) is 0 Å². The standard InChI is InChI=1S/C15H21NO5/c1-9-13(18)14(12(15(19)21-9)16-10(2)17)20-8-11-6-4-3-5-7-11/h3-7,9,12-15,18-19H,8H2,1-2H3,(H,16,17)/t9-,12-,13+,14-,15?/m0/s1. The lowest BCUT2D eigenvalue weighted by Gasteiger charge is -2.41. The lowest BCUT2D eigenvalue weighted by atomic mass is 9.97. The van der Waals surface area contributed by atoms with E-state index in [-0.39, 0.29) is 12.5 Å². The number of hydrogen-bond acceptors (Lipinski definition) is 5. The summed E-state index contributed by atoms with van der Waals surface area (Å²) in [5.41, 5.74) is 0.944. The first-order chi connectivity index (χ1) is 9.99. The highest BCUT2D eigenvalue weighted by atomic mass is 16.6. The van der Waals surface area contributed by atoms with Crippen molar-refractivity contribution in [1.82, 2.24) is 5.32 Å². The van der Waals surface area contributed by atoms with E-state index in [9.17, 15) is 15.0 Å². The van der Waals surface area contributed by atoms with E-state index in [0.717, 1.165) is 5.56 Å². The van der Waals surface area contributed by atoms with E-state index in [1.54, 1.807) is 6.92 Å². The molecule has 2 rings (SSSR count). The topological polar surface area (TPSA) is 88.0 Å². The van der Waals surface area contributed by atoms with Gasteiger partial charge in [-0.3, -0.25) is 4.79 Å². The second kappa shape index (κ2) is 7.00. The number of benzene rings is 1. The van der Waals surface area contributed by atoms with Gasteiger partial charge in [0.25, 0.3) is 0 Å². The average Bonchev–Trinajstić information content (AvgIpc) is 2.45. The maximum absolute atomic E-state index is 11.3. The van der Waals surface area contributed by atoms with E-state index in [2.05, 4.69) is 5.32 Å². The third kappa shape index (κ3) is 4.01. The van der Waals surface area contributed by atoms with Crippen molar-refractivity contribution in [2.75, 3.05) is 0 Å². The maximum atomic E-state index is 11.3. The quantitative estimate of drug-likeness (QED) is 0.737. The number of aliphatic hydroxyl groups is 2. The molecule has 0 radical (unpaired) electrons. The fourth-order valence-corrected chi connectivity index (χ4v) is 2.38. The van der Waals surface area contributed by atoms with E-state index >= 15 is 0 Å². The van der Waals surface area contributed by atoms with Crippen LogP contribution in [0, 0.1) is 0 Å². The van der Waals surface area contributed by atoms with E-state index in [4.69, 9.17) is 9.47 Å². The van der Waals surface area contributed by atoms with Gasteiger partial charge in [-0.05, 0) is 12.5 Å². The second-order valence-electron chi connectivity index (χ2n) is 5.21. The summed E-state index contributed by atoms with van der Waals surface area (Å²) in [7, 11) is 0. The predicted molar refractivity (Wildman–Crippen MR) is 75.2 cm³/mol. The van der Waals surface area contributed by atoms with Gasteiger partial charge < -0.3 is 25.0 Å². The Morgan fingerprint density at radius 2 is 2.00 bits per heavy atom. The molecule has 21 heavy (non-hydrogen) atoms. The molecular formula is C15H21NO5. The minimum absolute atomic E-state index is 0.276. The van der Waals surface area contributed by atoms with Crippen molar-refractivity contribution in [3.63, 3.8) is 0 Å². The van der Waals surface area contributed by atoms with Gasteiger partial charge in [0.15, 0.2) is 6.29 Å². The minimum atomic E-state index is -1.21. The van der Waals surface area contributed by atoms with Gasteiger partial charge in [0, 0.05) is 6.92 Å². The molecular weight excluding hydrogens is 274 g/mol. The van der Waals surface area contributed by atoms with Crippen LogP contribution >= 0.6 is 0 Å². The molecule has 0 spiro atoms. The van der Waals surface area contributed by atoms with Crippen molar-refractivity contribution < 1.29 is 24.5 Å². The van der Waals surface area contributed by atoms with E-state index in [1.165, 1.54) is 6.92 Å². The highest BCUT2D eigenvalue weighted by Gasteiger charge is 2.44. The average molecular weight is 295 g/mol. The van der Waals surface area contributed by atoms with Gasteiger partial charge in [0.2, 0.25) is 5.91 Å². The van der Waals surface area contributed by atoms with Gasteiger partial charge in [0.1, 0.15) is 18.2 Å². The Kier molecular flexibility index (Phi) is 5.30. The van der Waals surface area contributed by atoms with Crippen LogP contribution in [0.1, 0.15) is 19.4 Å². The molecule has 6 heteroatoms. The first-order valence-electron chi connectivity index (χ1n) is 6.93. The molecule has 3 N–H and O–H groups in total. The van der Waals surface area contributed by atoms with Crippen molar-refractivity contribution in [2.45, 2.75) is 51.1 Å². The van der Waals surface area contributed by atoms with Crippen LogP contribution in [-0.2, 0) is 20.9 Å². The zero-order valence-corrected chi connectivity index (χ0v) is 12.1. The molecule has 0 saturated carbocycles. The fraction of sp³-hybridized carbons (Fsp3) is 0.533. The molecule has 1 heterocycles. The molecule has 1 aromatic rings. The van der Waals surface area contributed by atoms with Crippen LogP contribution in [0.2, 0.25) is 0 Å². The highest BCUT2D eigenvalue weighted by Crippen LogP contribution is 2.23. The lowest BCUT2D eigenvalue weighted by Crippen LogP contribution is -2.63. The molecule has 1 aliphatic heterocycles. The zero-order valence-electron chi connectivity index (χ0n) is 12.1. The number of nitrogens with one attached hydrogen (secondary N) is 1. The molecule has 6 nitrogen and oxygen atoms in total. The number of carbonyl (C=O) groups is 1. The Balaban J connectivity index is 2.08. The zero-order chi connectivity index (χ0) is 15.4. The number of rotatable bonds is 4.